The van der Waals surface area contributed by atoms with E-state index in [1.54, 1.807) is 0 Å². The standard InChI is InChI=1S/C13H20ClN6O13P3/c1-6(19-21)3-29-7-2-9(20-5-16-10-11(15)17-13(14)18-12(10)20)31-8(7)4-30-35(25,26)33-36(27,28)32-34(22,23)24/h5,7-9,21H,2-4H2,1H3,(H,25,26)(H,27,28)(H2,15,17,18)(H2,22,23,24)/t7-,8+,9+/m0/s1. The van der Waals surface area contributed by atoms with Crippen LogP contribution in [-0.4, -0.2) is 75.4 Å². The maximum Gasteiger partial charge on any atom is 0.490 e. The highest BCUT2D eigenvalue weighted by Gasteiger charge is 2.43. The lowest BCUT2D eigenvalue weighted by molar-refractivity contribution is -0.0539. The van der Waals surface area contributed by atoms with E-state index in [0.29, 0.717) is 0 Å². The molecule has 0 aliphatic carbocycles. The summed E-state index contributed by atoms with van der Waals surface area (Å²) in [7, 11) is -16.7. The Labute approximate surface area is 206 Å². The minimum atomic E-state index is -5.70. The number of ether oxygens (including phenoxy) is 2. The van der Waals surface area contributed by atoms with Gasteiger partial charge in [-0.05, 0) is 18.5 Å². The van der Waals surface area contributed by atoms with Gasteiger partial charge in [0.2, 0.25) is 5.28 Å². The molecule has 0 amide bonds. The Morgan fingerprint density at radius 1 is 1.25 bits per heavy atom. The van der Waals surface area contributed by atoms with E-state index >= 15 is 0 Å². The number of hydrogen-bond donors (Lipinski definition) is 6. The van der Waals surface area contributed by atoms with Crippen molar-refractivity contribution in [1.82, 2.24) is 19.5 Å². The van der Waals surface area contributed by atoms with Gasteiger partial charge in [0.1, 0.15) is 17.8 Å². The first kappa shape index (κ1) is 29.0. The van der Waals surface area contributed by atoms with Crippen molar-refractivity contribution in [2.75, 3.05) is 18.9 Å². The number of phosphoric acid groups is 3. The van der Waals surface area contributed by atoms with Crippen LogP contribution in [0.25, 0.3) is 11.2 Å². The Bertz CT molecular complexity index is 1290. The number of oxime groups is 1. The van der Waals surface area contributed by atoms with E-state index < -0.39 is 48.5 Å². The third-order valence-electron chi connectivity index (χ3n) is 4.41. The number of nitrogens with zero attached hydrogens (tertiary/aromatic N) is 5. The molecule has 3 heterocycles. The monoisotopic (exact) mass is 596 g/mol. The first-order chi connectivity index (χ1) is 16.6. The first-order valence-electron chi connectivity index (χ1n) is 9.47. The van der Waals surface area contributed by atoms with Crippen molar-refractivity contribution in [1.29, 1.82) is 0 Å². The van der Waals surface area contributed by atoms with Gasteiger partial charge in [-0.1, -0.05) is 5.16 Å². The maximum atomic E-state index is 12.1. The number of hydrogen-bond acceptors (Lipinski definition) is 14. The Hall–Kier alpha value is -1.56. The minimum absolute atomic E-state index is 0.00791. The van der Waals surface area contributed by atoms with E-state index in [9.17, 15) is 23.5 Å². The van der Waals surface area contributed by atoms with Gasteiger partial charge in [-0.3, -0.25) is 9.09 Å². The van der Waals surface area contributed by atoms with E-state index in [1.165, 1.54) is 17.8 Å². The summed E-state index contributed by atoms with van der Waals surface area (Å²) in [6.07, 6.45) is -1.44. The van der Waals surface area contributed by atoms with Crippen molar-refractivity contribution in [2.45, 2.75) is 31.8 Å². The summed E-state index contributed by atoms with van der Waals surface area (Å²) in [4.78, 5) is 48.2. The van der Waals surface area contributed by atoms with Crippen molar-refractivity contribution >= 4 is 57.8 Å². The number of rotatable bonds is 11. The molecule has 2 unspecified atom stereocenters. The van der Waals surface area contributed by atoms with E-state index in [4.69, 9.17) is 41.8 Å². The molecule has 0 spiro atoms. The average Bonchev–Trinajstić information content (AvgIpc) is 3.31. The van der Waals surface area contributed by atoms with E-state index in [2.05, 4.69) is 33.3 Å². The Morgan fingerprint density at radius 3 is 2.58 bits per heavy atom. The van der Waals surface area contributed by atoms with Crippen molar-refractivity contribution in [3.8, 4) is 0 Å². The minimum Gasteiger partial charge on any atom is -0.411 e. The third-order valence-corrected chi connectivity index (χ3v) is 8.38. The van der Waals surface area contributed by atoms with Gasteiger partial charge < -0.3 is 40.0 Å². The van der Waals surface area contributed by atoms with Crippen LogP contribution in [0.1, 0.15) is 19.6 Å². The molecular weight excluding hydrogens is 577 g/mol. The van der Waals surface area contributed by atoms with Crippen molar-refractivity contribution in [3.63, 3.8) is 0 Å². The predicted octanol–water partition coefficient (Wildman–Crippen LogP) is 0.928. The Morgan fingerprint density at radius 2 is 1.94 bits per heavy atom. The molecule has 36 heavy (non-hydrogen) atoms. The first-order valence-corrected chi connectivity index (χ1v) is 14.4. The fourth-order valence-electron chi connectivity index (χ4n) is 3.05. The highest BCUT2D eigenvalue weighted by Crippen LogP contribution is 2.66. The summed E-state index contributed by atoms with van der Waals surface area (Å²) in [5.74, 6) is 0.00791. The molecule has 2 aromatic rings. The van der Waals surface area contributed by atoms with Crippen LogP contribution < -0.4 is 5.73 Å². The number of halogens is 1. The zero-order chi connectivity index (χ0) is 26.9. The number of imidazole rings is 1. The zero-order valence-corrected chi connectivity index (χ0v) is 21.4. The molecule has 202 valence electrons. The van der Waals surface area contributed by atoms with Gasteiger partial charge in [-0.2, -0.15) is 18.6 Å². The van der Waals surface area contributed by atoms with Crippen LogP contribution in [0.2, 0.25) is 5.28 Å². The molecule has 1 aliphatic heterocycles. The summed E-state index contributed by atoms with van der Waals surface area (Å²) in [5, 5.41) is 11.7. The molecule has 7 N–H and O–H groups in total. The lowest BCUT2D eigenvalue weighted by Gasteiger charge is -2.21. The van der Waals surface area contributed by atoms with Gasteiger partial charge in [-0.15, -0.1) is 0 Å². The lowest BCUT2D eigenvalue weighted by atomic mass is 10.2. The second-order valence-electron chi connectivity index (χ2n) is 7.14. The average molecular weight is 597 g/mol. The fourth-order valence-corrected chi connectivity index (χ4v) is 6.25. The molecule has 1 fully saturated rings. The molecule has 0 radical (unpaired) electrons. The SMILES string of the molecule is CC(CO[C@H]1C[C@H](n2cnc3c(N)nc(Cl)nc32)O[C@@H]1COP(=O)(O)OP(=O)(O)OP(=O)(O)O)=NO. The number of nitrogens with two attached hydrogens (primary N) is 1. The van der Waals surface area contributed by atoms with Crippen molar-refractivity contribution < 1.29 is 61.1 Å². The molecule has 3 rings (SSSR count). The normalized spacial score (nSPS) is 24.6. The summed E-state index contributed by atoms with van der Waals surface area (Å²) in [5.41, 5.74) is 6.41. The molecular formula is C13H20ClN6O13P3. The van der Waals surface area contributed by atoms with Crippen LogP contribution in [0.3, 0.4) is 0 Å². The zero-order valence-electron chi connectivity index (χ0n) is 18.0. The highest BCUT2D eigenvalue weighted by atomic mass is 35.5. The number of nitrogen functional groups attached to an aromatic ring is 1. The molecule has 1 saturated heterocycles. The van der Waals surface area contributed by atoms with E-state index in [1.807, 2.05) is 0 Å². The number of fused-ring (bicyclic) bond motifs is 1. The van der Waals surface area contributed by atoms with Crippen LogP contribution >= 0.6 is 35.1 Å². The molecule has 5 atom stereocenters. The summed E-state index contributed by atoms with van der Waals surface area (Å²) >= 11 is 5.87. The van der Waals surface area contributed by atoms with Gasteiger partial charge >= 0.3 is 23.5 Å². The molecule has 23 heteroatoms. The highest BCUT2D eigenvalue weighted by molar-refractivity contribution is 7.66. The predicted molar refractivity (Wildman–Crippen MR) is 118 cm³/mol. The molecule has 19 nitrogen and oxygen atoms in total. The maximum absolute atomic E-state index is 12.1. The number of anilines is 1. The van der Waals surface area contributed by atoms with Crippen LogP contribution in [0.4, 0.5) is 5.82 Å². The van der Waals surface area contributed by atoms with Crippen molar-refractivity contribution in [3.05, 3.63) is 11.6 Å². The summed E-state index contributed by atoms with van der Waals surface area (Å²) in [6.45, 7) is 0.513. The second kappa shape index (κ2) is 11.0. The van der Waals surface area contributed by atoms with Gasteiger partial charge in [0.25, 0.3) is 0 Å². The fraction of sp³-hybridized carbons (Fsp3) is 0.538. The second-order valence-corrected chi connectivity index (χ2v) is 11.9. The molecule has 2 aromatic heterocycles. The summed E-state index contributed by atoms with van der Waals surface area (Å²) < 4.78 is 59.3. The lowest BCUT2D eigenvalue weighted by Crippen LogP contribution is -2.30. The number of aromatic nitrogens is 4. The van der Waals surface area contributed by atoms with Crippen LogP contribution in [0.15, 0.2) is 11.5 Å². The quantitative estimate of drug-likeness (QED) is 0.0691. The topological polar surface area (TPSA) is 280 Å². The Kier molecular flexibility index (Phi) is 8.90. The smallest absolute Gasteiger partial charge is 0.411 e. The molecule has 0 bridgehead atoms. The van der Waals surface area contributed by atoms with Crippen LogP contribution in [-0.2, 0) is 36.3 Å². The molecule has 0 saturated carbocycles. The molecule has 0 aromatic carbocycles. The molecule has 1 aliphatic rings. The Balaban J connectivity index is 1.77. The summed E-state index contributed by atoms with van der Waals surface area (Å²) in [6, 6.07) is 0. The van der Waals surface area contributed by atoms with Gasteiger partial charge in [0.15, 0.2) is 11.5 Å². The number of phosphoric ester groups is 1. The van der Waals surface area contributed by atoms with Gasteiger partial charge in [0, 0.05) is 6.42 Å². The third kappa shape index (κ3) is 7.72. The largest absolute Gasteiger partial charge is 0.490 e. The van der Waals surface area contributed by atoms with E-state index in [-0.39, 0.29) is 41.0 Å². The van der Waals surface area contributed by atoms with E-state index in [0.717, 1.165) is 0 Å². The van der Waals surface area contributed by atoms with Gasteiger partial charge in [-0.25, -0.2) is 18.7 Å². The van der Waals surface area contributed by atoms with Crippen LogP contribution in [0.5, 0.6) is 0 Å². The van der Waals surface area contributed by atoms with Gasteiger partial charge in [0.05, 0.1) is 31.4 Å². The van der Waals surface area contributed by atoms with Crippen LogP contribution in [0, 0.1) is 0 Å². The van der Waals surface area contributed by atoms with Crippen molar-refractivity contribution in [2.24, 2.45) is 5.16 Å².